The molecule has 1 saturated heterocycles. The Balaban J connectivity index is 1.69. The first kappa shape index (κ1) is 13.2. The van der Waals surface area contributed by atoms with Crippen LogP contribution in [0.25, 0.3) is 0 Å². The van der Waals surface area contributed by atoms with E-state index >= 15 is 0 Å². The van der Waals surface area contributed by atoms with Crippen molar-refractivity contribution in [3.63, 3.8) is 0 Å². The molecule has 1 fully saturated rings. The van der Waals surface area contributed by atoms with Crippen molar-refractivity contribution in [1.29, 1.82) is 0 Å². The van der Waals surface area contributed by atoms with Crippen molar-refractivity contribution >= 4 is 17.7 Å². The molecule has 0 aromatic carbocycles. The molecule has 0 radical (unpaired) electrons. The highest BCUT2D eigenvalue weighted by atomic mass is 32.2. The summed E-state index contributed by atoms with van der Waals surface area (Å²) >= 11 is 1.24. The third-order valence-corrected chi connectivity index (χ3v) is 3.71. The number of hydrogen-bond acceptors (Lipinski definition) is 4. The van der Waals surface area contributed by atoms with Crippen LogP contribution < -0.4 is 10.0 Å². The van der Waals surface area contributed by atoms with E-state index in [1.165, 1.54) is 18.0 Å². The van der Waals surface area contributed by atoms with Gasteiger partial charge in [-0.1, -0.05) is 0 Å². The summed E-state index contributed by atoms with van der Waals surface area (Å²) in [5.41, 5.74) is 0. The quantitative estimate of drug-likeness (QED) is 0.485. The first-order chi connectivity index (χ1) is 8.75. The van der Waals surface area contributed by atoms with Crippen molar-refractivity contribution in [2.45, 2.75) is 24.0 Å². The number of nitrogens with zero attached hydrogens (tertiary/aromatic N) is 1. The topological polar surface area (TPSA) is 65.3 Å². The average Bonchev–Trinajstić information content (AvgIpc) is 2.88. The molecule has 2 heterocycles. The van der Waals surface area contributed by atoms with Crippen molar-refractivity contribution in [2.75, 3.05) is 18.9 Å². The second kappa shape index (κ2) is 6.61. The normalized spacial score (nSPS) is 18.8. The van der Waals surface area contributed by atoms with Crippen molar-refractivity contribution in [3.8, 4) is 0 Å². The number of aromatic nitrogens is 1. The van der Waals surface area contributed by atoms with Gasteiger partial charge in [0, 0.05) is 25.3 Å². The Kier molecular flexibility index (Phi) is 4.83. The Morgan fingerprint density at radius 1 is 1.61 bits per heavy atom. The lowest BCUT2D eigenvalue weighted by molar-refractivity contribution is -0.645. The fourth-order valence-electron chi connectivity index (χ4n) is 1.75. The number of nitrogens with one attached hydrogen (secondary N) is 1. The minimum Gasteiger partial charge on any atom is -0.618 e. The third kappa shape index (κ3) is 3.89. The van der Waals surface area contributed by atoms with Gasteiger partial charge in [0.1, 0.15) is 0 Å². The van der Waals surface area contributed by atoms with Crippen LogP contribution >= 0.6 is 11.8 Å². The smallest absolute Gasteiger partial charge is 0.251 e. The van der Waals surface area contributed by atoms with Crippen LogP contribution in [0.4, 0.5) is 0 Å². The summed E-state index contributed by atoms with van der Waals surface area (Å²) in [5.74, 6) is 0.179. The lowest BCUT2D eigenvalue weighted by Gasteiger charge is -2.10. The highest BCUT2D eigenvalue weighted by Gasteiger charge is 2.16. The summed E-state index contributed by atoms with van der Waals surface area (Å²) in [5, 5.41) is 14.7. The molecule has 1 aromatic rings. The van der Waals surface area contributed by atoms with Crippen LogP contribution in [0.1, 0.15) is 12.8 Å². The molecular weight excluding hydrogens is 252 g/mol. The van der Waals surface area contributed by atoms with Crippen LogP contribution in [0.2, 0.25) is 0 Å². The maximum Gasteiger partial charge on any atom is 0.251 e. The van der Waals surface area contributed by atoms with Crippen LogP contribution in [0, 0.1) is 5.21 Å². The fraction of sp³-hybridized carbons (Fsp3) is 0.500. The molecule has 1 atom stereocenters. The molecule has 5 nitrogen and oxygen atoms in total. The molecule has 1 amide bonds. The molecule has 0 bridgehead atoms. The van der Waals surface area contributed by atoms with Crippen LogP contribution in [0.5, 0.6) is 0 Å². The zero-order valence-corrected chi connectivity index (χ0v) is 10.8. The number of carbonyl (C=O) groups is 1. The van der Waals surface area contributed by atoms with Gasteiger partial charge in [-0.2, -0.15) is 4.73 Å². The molecule has 0 saturated carbocycles. The zero-order valence-electron chi connectivity index (χ0n) is 10.0. The number of ether oxygens (including phenoxy) is 1. The molecule has 0 unspecified atom stereocenters. The fourth-order valence-corrected chi connectivity index (χ4v) is 2.49. The Morgan fingerprint density at radius 2 is 2.50 bits per heavy atom. The van der Waals surface area contributed by atoms with E-state index in [1.54, 1.807) is 18.2 Å². The zero-order chi connectivity index (χ0) is 12.8. The summed E-state index contributed by atoms with van der Waals surface area (Å²) in [6, 6.07) is 5.14. The molecule has 1 aliphatic heterocycles. The highest BCUT2D eigenvalue weighted by Crippen LogP contribution is 2.13. The molecule has 18 heavy (non-hydrogen) atoms. The number of pyridine rings is 1. The predicted octanol–water partition coefficient (Wildman–Crippen LogP) is 0.707. The van der Waals surface area contributed by atoms with E-state index in [4.69, 9.17) is 4.74 Å². The van der Waals surface area contributed by atoms with Gasteiger partial charge >= 0.3 is 0 Å². The maximum absolute atomic E-state index is 11.6. The molecule has 6 heteroatoms. The first-order valence-electron chi connectivity index (χ1n) is 5.95. The van der Waals surface area contributed by atoms with E-state index in [1.807, 2.05) is 0 Å². The van der Waals surface area contributed by atoms with Gasteiger partial charge in [0.15, 0.2) is 6.20 Å². The Hall–Kier alpha value is -1.27. The second-order valence-corrected chi connectivity index (χ2v) is 5.09. The van der Waals surface area contributed by atoms with Crippen LogP contribution in [0.3, 0.4) is 0 Å². The molecule has 1 aliphatic rings. The molecule has 1 N–H and O–H groups in total. The van der Waals surface area contributed by atoms with Crippen LogP contribution in [-0.2, 0) is 9.53 Å². The summed E-state index contributed by atoms with van der Waals surface area (Å²) in [4.78, 5) is 11.6. The van der Waals surface area contributed by atoms with Gasteiger partial charge in [-0.25, -0.2) is 0 Å². The van der Waals surface area contributed by atoms with E-state index in [2.05, 4.69) is 5.32 Å². The van der Waals surface area contributed by atoms with Gasteiger partial charge in [0.05, 0.1) is 11.9 Å². The summed E-state index contributed by atoms with van der Waals surface area (Å²) in [6.45, 7) is 1.35. The molecule has 0 spiro atoms. The number of carbonyl (C=O) groups excluding carboxylic acids is 1. The number of thioether (sulfide) groups is 1. The average molecular weight is 268 g/mol. The summed E-state index contributed by atoms with van der Waals surface area (Å²) in [6.07, 6.45) is 3.65. The van der Waals surface area contributed by atoms with Crippen LogP contribution in [0.15, 0.2) is 29.4 Å². The van der Waals surface area contributed by atoms with E-state index in [9.17, 15) is 10.0 Å². The van der Waals surface area contributed by atoms with Gasteiger partial charge in [-0.05, 0) is 30.7 Å². The van der Waals surface area contributed by atoms with E-state index < -0.39 is 0 Å². The van der Waals surface area contributed by atoms with E-state index in [0.717, 1.165) is 24.2 Å². The second-order valence-electron chi connectivity index (χ2n) is 4.09. The SMILES string of the molecule is O=C(CSc1cccc[n+]1[O-])NC[C@H]1CCCO1. The van der Waals surface area contributed by atoms with Gasteiger partial charge in [-0.3, -0.25) is 4.79 Å². The monoisotopic (exact) mass is 268 g/mol. The van der Waals surface area contributed by atoms with Crippen molar-refractivity contribution in [2.24, 2.45) is 0 Å². The Labute approximate surface area is 110 Å². The van der Waals surface area contributed by atoms with Gasteiger partial charge < -0.3 is 15.3 Å². The summed E-state index contributed by atoms with van der Waals surface area (Å²) in [7, 11) is 0. The van der Waals surface area contributed by atoms with Crippen molar-refractivity contribution in [1.82, 2.24) is 5.32 Å². The highest BCUT2D eigenvalue weighted by molar-refractivity contribution is 7.99. The Bertz CT molecular complexity index is 408. The van der Waals surface area contributed by atoms with Gasteiger partial charge in [0.25, 0.3) is 5.03 Å². The number of hydrogen-bond donors (Lipinski definition) is 1. The lowest BCUT2D eigenvalue weighted by Crippen LogP contribution is -2.34. The molecular formula is C12H16N2O3S. The maximum atomic E-state index is 11.6. The van der Waals surface area contributed by atoms with Gasteiger partial charge in [-0.15, -0.1) is 0 Å². The molecule has 0 aliphatic carbocycles. The van der Waals surface area contributed by atoms with Crippen molar-refractivity contribution in [3.05, 3.63) is 29.6 Å². The minimum atomic E-state index is -0.0700. The first-order valence-corrected chi connectivity index (χ1v) is 6.93. The number of amides is 1. The molecule has 98 valence electrons. The third-order valence-electron chi connectivity index (χ3n) is 2.69. The molecule has 2 rings (SSSR count). The predicted molar refractivity (Wildman–Crippen MR) is 68.1 cm³/mol. The van der Waals surface area contributed by atoms with E-state index in [-0.39, 0.29) is 17.8 Å². The van der Waals surface area contributed by atoms with Crippen LogP contribution in [-0.4, -0.2) is 30.9 Å². The molecule has 1 aromatic heterocycles. The van der Waals surface area contributed by atoms with Crippen molar-refractivity contribution < 1.29 is 14.3 Å². The van der Waals surface area contributed by atoms with E-state index in [0.29, 0.717) is 11.6 Å². The Morgan fingerprint density at radius 3 is 3.22 bits per heavy atom. The lowest BCUT2D eigenvalue weighted by atomic mass is 10.2. The number of rotatable bonds is 5. The minimum absolute atomic E-state index is 0.0700. The largest absolute Gasteiger partial charge is 0.618 e. The summed E-state index contributed by atoms with van der Waals surface area (Å²) < 4.78 is 6.17. The standard InChI is InChI=1S/C12H16N2O3S/c15-11(13-8-10-4-3-7-17-10)9-18-12-5-1-2-6-14(12)16/h1-2,5-6,10H,3-4,7-9H2,(H,13,15)/t10-/m1/s1. The van der Waals surface area contributed by atoms with Gasteiger partial charge in [0.2, 0.25) is 5.91 Å².